The van der Waals surface area contributed by atoms with Crippen LogP contribution >= 0.6 is 22.6 Å². The number of halogens is 1. The third-order valence-electron chi connectivity index (χ3n) is 0.167. The van der Waals surface area contributed by atoms with Crippen LogP contribution in [0.15, 0.2) is 0 Å². The van der Waals surface area contributed by atoms with Gasteiger partial charge >= 0.3 is 0 Å². The molecule has 0 aliphatic rings. The number of alkyl halides is 1. The van der Waals surface area contributed by atoms with Crippen LogP contribution in [0, 0.1) is 0 Å². The monoisotopic (exact) mass is 200 g/mol. The lowest BCUT2D eigenvalue weighted by Crippen LogP contribution is -1.55. The van der Waals surface area contributed by atoms with Gasteiger partial charge < -0.3 is 4.79 Å². The van der Waals surface area contributed by atoms with Gasteiger partial charge in [0, 0.05) is 6.42 Å². The van der Waals surface area contributed by atoms with Crippen LogP contribution in [0.5, 0.6) is 0 Å². The van der Waals surface area contributed by atoms with Gasteiger partial charge in [-0.3, -0.25) is 0 Å². The first-order chi connectivity index (χ1) is 2.91. The van der Waals surface area contributed by atoms with Gasteiger partial charge in [0.2, 0.25) is 0 Å². The van der Waals surface area contributed by atoms with Gasteiger partial charge in [0.15, 0.2) is 0 Å². The summed E-state index contributed by atoms with van der Waals surface area (Å²) in [5.74, 6) is 0. The van der Waals surface area contributed by atoms with E-state index in [1.807, 2.05) is 11.9 Å². The van der Waals surface area contributed by atoms with E-state index in [-0.39, 0.29) is 0 Å². The largest absolute Gasteiger partial charge is 0.303 e. The molecule has 0 aromatic rings. The Bertz CT molecular complexity index is 21.5. The van der Waals surface area contributed by atoms with Crippen molar-refractivity contribution < 1.29 is 4.79 Å². The molecule has 0 unspecified atom stereocenters. The first kappa shape index (κ1) is 9.64. The van der Waals surface area contributed by atoms with Crippen LogP contribution in [-0.4, -0.2) is 11.2 Å². The minimum absolute atomic E-state index is 0.639. The number of hydrogen-bond acceptors (Lipinski definition) is 1. The lowest BCUT2D eigenvalue weighted by Gasteiger charge is -1.51. The van der Waals surface area contributed by atoms with Gasteiger partial charge in [-0.1, -0.05) is 29.5 Å². The first-order valence-corrected chi connectivity index (χ1v) is 3.89. The average Bonchev–Trinajstić information content (AvgIpc) is 1.72. The molecule has 0 saturated carbocycles. The topological polar surface area (TPSA) is 17.1 Å². The number of carbonyl (C=O) groups is 1. The van der Waals surface area contributed by atoms with E-state index in [0.29, 0.717) is 6.42 Å². The second-order valence-electron chi connectivity index (χ2n) is 0.575. The van der Waals surface area contributed by atoms with Crippen LogP contribution in [-0.2, 0) is 4.79 Å². The quantitative estimate of drug-likeness (QED) is 0.357. The van der Waals surface area contributed by atoms with Gasteiger partial charge in [-0.2, -0.15) is 0 Å². The minimum atomic E-state index is 0.639. The van der Waals surface area contributed by atoms with Crippen LogP contribution in [0.3, 0.4) is 0 Å². The summed E-state index contributed by atoms with van der Waals surface area (Å²) in [6.45, 7) is 1.81. The normalized spacial score (nSPS) is 5.17. The van der Waals surface area contributed by atoms with E-state index in [2.05, 4.69) is 22.6 Å². The second-order valence-corrected chi connectivity index (χ2v) is 0.575. The van der Waals surface area contributed by atoms with Crippen molar-refractivity contribution in [2.24, 2.45) is 0 Å². The van der Waals surface area contributed by atoms with Gasteiger partial charge in [0.1, 0.15) is 6.29 Å². The highest BCUT2D eigenvalue weighted by molar-refractivity contribution is 14.1. The zero-order chi connectivity index (χ0) is 5.41. The molecule has 0 aliphatic heterocycles. The fourth-order valence-corrected chi connectivity index (χ4v) is 0. The lowest BCUT2D eigenvalue weighted by atomic mass is 10.6. The molecular weight excluding hydrogens is 191 g/mol. The lowest BCUT2D eigenvalue weighted by molar-refractivity contribution is -0.107. The zero-order valence-corrected chi connectivity index (χ0v) is 6.23. The molecule has 0 fully saturated rings. The Kier molecular flexibility index (Phi) is 29.2. The fraction of sp³-hybridized carbons (Fsp3) is 0.750. The zero-order valence-electron chi connectivity index (χ0n) is 4.07. The predicted molar refractivity (Wildman–Crippen MR) is 36.3 cm³/mol. The highest BCUT2D eigenvalue weighted by atomic mass is 127. The van der Waals surface area contributed by atoms with Crippen LogP contribution in [0.25, 0.3) is 0 Å². The molecular formula is C4H9IO. The van der Waals surface area contributed by atoms with E-state index >= 15 is 0 Å². The van der Waals surface area contributed by atoms with Crippen LogP contribution in [0.1, 0.15) is 13.3 Å². The summed E-state index contributed by atoms with van der Waals surface area (Å²) in [6, 6.07) is 0. The number of hydrogen-bond donors (Lipinski definition) is 0. The van der Waals surface area contributed by atoms with Crippen molar-refractivity contribution in [3.8, 4) is 0 Å². The van der Waals surface area contributed by atoms with E-state index in [9.17, 15) is 4.79 Å². The van der Waals surface area contributed by atoms with Crippen molar-refractivity contribution >= 4 is 28.9 Å². The summed E-state index contributed by atoms with van der Waals surface area (Å²) in [5.41, 5.74) is 0. The molecule has 0 aromatic carbocycles. The molecule has 0 spiro atoms. The van der Waals surface area contributed by atoms with Crippen molar-refractivity contribution in [3.05, 3.63) is 0 Å². The van der Waals surface area contributed by atoms with E-state index in [4.69, 9.17) is 0 Å². The molecule has 0 heterocycles. The summed E-state index contributed by atoms with van der Waals surface area (Å²) < 4.78 is 0. The fourth-order valence-electron chi connectivity index (χ4n) is 0. The molecule has 6 heavy (non-hydrogen) atoms. The van der Waals surface area contributed by atoms with E-state index < -0.39 is 0 Å². The standard InChI is InChI=1S/C3H6O.CH3I/c1-2-3-4;1-2/h3H,2H2,1H3;1H3. The smallest absolute Gasteiger partial charge is 0.119 e. The average molecular weight is 200 g/mol. The maximum atomic E-state index is 9.17. The Morgan fingerprint density at radius 1 is 1.67 bits per heavy atom. The molecule has 0 atom stereocenters. The van der Waals surface area contributed by atoms with Crippen molar-refractivity contribution in [1.82, 2.24) is 0 Å². The molecule has 0 aliphatic carbocycles. The third kappa shape index (κ3) is 26.0. The van der Waals surface area contributed by atoms with Crippen molar-refractivity contribution in [3.63, 3.8) is 0 Å². The number of carbonyl (C=O) groups excluding carboxylic acids is 1. The Morgan fingerprint density at radius 2 is 1.83 bits per heavy atom. The van der Waals surface area contributed by atoms with E-state index in [0.717, 1.165) is 6.29 Å². The molecule has 0 amide bonds. The van der Waals surface area contributed by atoms with Crippen LogP contribution in [0.4, 0.5) is 0 Å². The highest BCUT2D eigenvalue weighted by Crippen LogP contribution is 1.53. The molecule has 0 rings (SSSR count). The molecule has 1 nitrogen and oxygen atoms in total. The van der Waals surface area contributed by atoms with Gasteiger partial charge in [0.05, 0.1) is 0 Å². The van der Waals surface area contributed by atoms with Gasteiger partial charge in [0.25, 0.3) is 0 Å². The SMILES string of the molecule is CCC=O.CI. The van der Waals surface area contributed by atoms with E-state index in [1.165, 1.54) is 0 Å². The maximum absolute atomic E-state index is 9.17. The molecule has 0 N–H and O–H groups in total. The second kappa shape index (κ2) is 18.2. The van der Waals surface area contributed by atoms with Gasteiger partial charge in [-0.25, -0.2) is 0 Å². The Labute approximate surface area is 52.3 Å². The minimum Gasteiger partial charge on any atom is -0.303 e. The van der Waals surface area contributed by atoms with Crippen molar-refractivity contribution in [2.75, 3.05) is 4.93 Å². The van der Waals surface area contributed by atoms with Crippen molar-refractivity contribution in [1.29, 1.82) is 0 Å². The summed E-state index contributed by atoms with van der Waals surface area (Å²) >= 11 is 2.15. The molecule has 0 radical (unpaired) electrons. The Balaban J connectivity index is 0. The van der Waals surface area contributed by atoms with Crippen LogP contribution < -0.4 is 0 Å². The summed E-state index contributed by atoms with van der Waals surface area (Å²) in [5, 5.41) is 0. The Hall–Kier alpha value is 0.400. The number of aldehydes is 1. The summed E-state index contributed by atoms with van der Waals surface area (Å²) in [7, 11) is 0. The summed E-state index contributed by atoms with van der Waals surface area (Å²) in [6.07, 6.45) is 1.51. The molecule has 0 bridgehead atoms. The third-order valence-corrected chi connectivity index (χ3v) is 0.167. The van der Waals surface area contributed by atoms with Crippen LogP contribution in [0.2, 0.25) is 0 Å². The molecule has 38 valence electrons. The maximum Gasteiger partial charge on any atom is 0.119 e. The van der Waals surface area contributed by atoms with Gasteiger partial charge in [-0.05, 0) is 4.93 Å². The predicted octanol–water partition coefficient (Wildman–Crippen LogP) is 1.65. The van der Waals surface area contributed by atoms with Crippen molar-refractivity contribution in [2.45, 2.75) is 13.3 Å². The van der Waals surface area contributed by atoms with E-state index in [1.54, 1.807) is 0 Å². The summed E-state index contributed by atoms with van der Waals surface area (Å²) in [4.78, 5) is 11.1. The highest BCUT2D eigenvalue weighted by Gasteiger charge is 1.52. The first-order valence-electron chi connectivity index (χ1n) is 1.73. The number of rotatable bonds is 1. The molecule has 0 saturated heterocycles. The Morgan fingerprint density at radius 3 is 1.83 bits per heavy atom. The molecule has 2 heteroatoms. The molecule has 0 aromatic heterocycles. The van der Waals surface area contributed by atoms with Gasteiger partial charge in [-0.15, -0.1) is 0 Å².